The summed E-state index contributed by atoms with van der Waals surface area (Å²) >= 11 is 0. The molecular weight excluding hydrogens is 376 g/mol. The van der Waals surface area contributed by atoms with Crippen LogP contribution >= 0.6 is 0 Å². The summed E-state index contributed by atoms with van der Waals surface area (Å²) < 4.78 is 26.9. The second-order valence-corrected chi connectivity index (χ2v) is 6.19. The smallest absolute Gasteiger partial charge is 0.274 e. The molecule has 0 saturated carbocycles. The predicted molar refractivity (Wildman–Crippen MR) is 110 cm³/mol. The van der Waals surface area contributed by atoms with Crippen molar-refractivity contribution in [3.8, 4) is 28.7 Å². The summed E-state index contributed by atoms with van der Waals surface area (Å²) in [6.45, 7) is 0. The maximum absolute atomic E-state index is 13.1. The third kappa shape index (κ3) is 3.49. The summed E-state index contributed by atoms with van der Waals surface area (Å²) in [7, 11) is 9.44. The number of aromatic nitrogens is 1. The Labute approximate surface area is 168 Å². The molecule has 8 heteroatoms. The van der Waals surface area contributed by atoms with Crippen molar-refractivity contribution in [3.05, 3.63) is 36.0 Å². The zero-order valence-corrected chi connectivity index (χ0v) is 17.3. The highest BCUT2D eigenvalue weighted by atomic mass is 16.5. The van der Waals surface area contributed by atoms with E-state index in [1.807, 2.05) is 0 Å². The number of fused-ring (bicyclic) bond motifs is 1. The predicted octanol–water partition coefficient (Wildman–Crippen LogP) is 3.49. The fraction of sp³-hybridized carbons (Fsp3) is 0.286. The van der Waals surface area contributed by atoms with Gasteiger partial charge in [-0.2, -0.15) is 0 Å². The van der Waals surface area contributed by atoms with Crippen LogP contribution in [0.2, 0.25) is 0 Å². The molecule has 0 spiro atoms. The van der Waals surface area contributed by atoms with Crippen LogP contribution in [0.1, 0.15) is 10.5 Å². The van der Waals surface area contributed by atoms with Crippen LogP contribution in [0.5, 0.6) is 28.7 Å². The van der Waals surface area contributed by atoms with Crippen LogP contribution in [0.3, 0.4) is 0 Å². The molecule has 1 N–H and O–H groups in total. The molecule has 0 aliphatic rings. The van der Waals surface area contributed by atoms with E-state index in [9.17, 15) is 4.79 Å². The molecule has 0 atom stereocenters. The summed E-state index contributed by atoms with van der Waals surface area (Å²) in [6.07, 6.45) is 0. The second-order valence-electron chi connectivity index (χ2n) is 6.19. The molecule has 0 radical (unpaired) electrons. The molecule has 0 aliphatic heterocycles. The normalized spacial score (nSPS) is 10.6. The minimum Gasteiger partial charge on any atom is -0.496 e. The second kappa shape index (κ2) is 8.22. The number of hydrogen-bond acceptors (Lipinski definition) is 6. The molecule has 3 aromatic rings. The number of ether oxygens (including phenoxy) is 5. The van der Waals surface area contributed by atoms with Gasteiger partial charge < -0.3 is 33.6 Å². The first-order valence-corrected chi connectivity index (χ1v) is 8.80. The van der Waals surface area contributed by atoms with E-state index < -0.39 is 0 Å². The van der Waals surface area contributed by atoms with Gasteiger partial charge in [0.25, 0.3) is 5.91 Å². The van der Waals surface area contributed by atoms with Gasteiger partial charge in [0.1, 0.15) is 11.4 Å². The van der Waals surface area contributed by atoms with Gasteiger partial charge in [-0.1, -0.05) is 0 Å². The van der Waals surface area contributed by atoms with Crippen molar-refractivity contribution in [2.24, 2.45) is 0 Å². The maximum atomic E-state index is 13.1. The van der Waals surface area contributed by atoms with Crippen LogP contribution in [0, 0.1) is 0 Å². The number of carbonyl (C=O) groups excluding carboxylic acids is 1. The SMILES string of the molecule is COc1ccc(N(C)C(=O)c2cc3c(OC)cc(OC)c(OC)c3[nH]2)cc1OC. The average Bonchev–Trinajstić information content (AvgIpc) is 3.21. The number of methoxy groups -OCH3 is 5. The highest BCUT2D eigenvalue weighted by molar-refractivity contribution is 6.09. The molecule has 3 rings (SSSR count). The van der Waals surface area contributed by atoms with Gasteiger partial charge in [-0.15, -0.1) is 0 Å². The van der Waals surface area contributed by atoms with Gasteiger partial charge in [0, 0.05) is 30.3 Å². The van der Waals surface area contributed by atoms with E-state index in [-0.39, 0.29) is 5.91 Å². The Morgan fingerprint density at radius 2 is 1.45 bits per heavy atom. The molecule has 1 amide bonds. The van der Waals surface area contributed by atoms with E-state index in [1.54, 1.807) is 72.9 Å². The molecule has 154 valence electrons. The molecule has 0 saturated heterocycles. The lowest BCUT2D eigenvalue weighted by Gasteiger charge is -2.18. The number of amides is 1. The Hall–Kier alpha value is -3.55. The van der Waals surface area contributed by atoms with Gasteiger partial charge in [-0.05, 0) is 18.2 Å². The lowest BCUT2D eigenvalue weighted by Crippen LogP contribution is -2.26. The fourth-order valence-electron chi connectivity index (χ4n) is 3.18. The van der Waals surface area contributed by atoms with E-state index in [4.69, 9.17) is 23.7 Å². The number of nitrogens with one attached hydrogen (secondary N) is 1. The van der Waals surface area contributed by atoms with E-state index in [0.717, 1.165) is 0 Å². The van der Waals surface area contributed by atoms with Crippen LogP contribution in [-0.4, -0.2) is 53.5 Å². The van der Waals surface area contributed by atoms with Gasteiger partial charge >= 0.3 is 0 Å². The molecule has 8 nitrogen and oxygen atoms in total. The van der Waals surface area contributed by atoms with Crippen molar-refractivity contribution in [2.45, 2.75) is 0 Å². The van der Waals surface area contributed by atoms with E-state index in [2.05, 4.69) is 4.98 Å². The Bertz CT molecular complexity index is 1040. The molecule has 0 unspecified atom stereocenters. The summed E-state index contributed by atoms with van der Waals surface area (Å²) in [5.41, 5.74) is 1.65. The molecule has 2 aromatic carbocycles. The first kappa shape index (κ1) is 20.2. The van der Waals surface area contributed by atoms with Crippen molar-refractivity contribution in [3.63, 3.8) is 0 Å². The first-order valence-electron chi connectivity index (χ1n) is 8.80. The highest BCUT2D eigenvalue weighted by Gasteiger charge is 2.22. The summed E-state index contributed by atoms with van der Waals surface area (Å²) in [5, 5.41) is 0.717. The fourth-order valence-corrected chi connectivity index (χ4v) is 3.18. The molecule has 1 aromatic heterocycles. The number of aromatic amines is 1. The number of rotatable bonds is 7. The summed E-state index contributed by atoms with van der Waals surface area (Å²) in [5.74, 6) is 2.46. The van der Waals surface area contributed by atoms with Gasteiger partial charge in [0.2, 0.25) is 0 Å². The quantitative estimate of drug-likeness (QED) is 0.654. The molecule has 29 heavy (non-hydrogen) atoms. The van der Waals surface area contributed by atoms with E-state index >= 15 is 0 Å². The topological polar surface area (TPSA) is 82.3 Å². The van der Waals surface area contributed by atoms with Gasteiger partial charge in [0.15, 0.2) is 23.0 Å². The van der Waals surface area contributed by atoms with E-state index in [0.29, 0.717) is 51.0 Å². The highest BCUT2D eigenvalue weighted by Crippen LogP contribution is 2.41. The van der Waals surface area contributed by atoms with Gasteiger partial charge in [-0.25, -0.2) is 0 Å². The number of nitrogens with zero attached hydrogens (tertiary/aromatic N) is 1. The zero-order chi connectivity index (χ0) is 21.1. The van der Waals surface area contributed by atoms with Crippen molar-refractivity contribution in [1.82, 2.24) is 4.98 Å². The molecular formula is C21H24N2O6. The molecule has 0 bridgehead atoms. The van der Waals surface area contributed by atoms with Crippen LogP contribution in [0.25, 0.3) is 10.9 Å². The largest absolute Gasteiger partial charge is 0.496 e. The van der Waals surface area contributed by atoms with Crippen LogP contribution < -0.4 is 28.6 Å². The number of anilines is 1. The van der Waals surface area contributed by atoms with Gasteiger partial charge in [-0.3, -0.25) is 4.79 Å². The Balaban J connectivity index is 2.05. The summed E-state index contributed by atoms with van der Waals surface area (Å²) in [4.78, 5) is 17.8. The minimum absolute atomic E-state index is 0.239. The zero-order valence-electron chi connectivity index (χ0n) is 17.3. The Morgan fingerprint density at radius 1 is 0.793 bits per heavy atom. The maximum Gasteiger partial charge on any atom is 0.274 e. The lowest BCUT2D eigenvalue weighted by molar-refractivity contribution is 0.0989. The van der Waals surface area contributed by atoms with Crippen LogP contribution in [0.4, 0.5) is 5.69 Å². The van der Waals surface area contributed by atoms with Crippen molar-refractivity contribution < 1.29 is 28.5 Å². The molecule has 0 aliphatic carbocycles. The summed E-state index contributed by atoms with van der Waals surface area (Å²) in [6, 6.07) is 8.73. The average molecular weight is 400 g/mol. The standard InChI is InChI=1S/C21H24N2O6/c1-23(12-7-8-15(25-2)17(9-12)27-4)21(24)14-10-13-16(26-3)11-18(28-5)20(29-6)19(13)22-14/h7-11,22H,1-6H3. The van der Waals surface area contributed by atoms with E-state index in [1.165, 1.54) is 4.90 Å². The molecule has 1 heterocycles. The molecule has 0 fully saturated rings. The first-order chi connectivity index (χ1) is 14.0. The van der Waals surface area contributed by atoms with Crippen LogP contribution in [0.15, 0.2) is 30.3 Å². The monoisotopic (exact) mass is 400 g/mol. The number of hydrogen-bond donors (Lipinski definition) is 1. The minimum atomic E-state index is -0.239. The lowest BCUT2D eigenvalue weighted by atomic mass is 10.2. The number of H-pyrrole nitrogens is 1. The number of carbonyl (C=O) groups is 1. The van der Waals surface area contributed by atoms with Crippen molar-refractivity contribution in [1.29, 1.82) is 0 Å². The Morgan fingerprint density at radius 3 is 2.03 bits per heavy atom. The van der Waals surface area contributed by atoms with Crippen LogP contribution in [-0.2, 0) is 0 Å². The number of benzene rings is 2. The third-order valence-electron chi connectivity index (χ3n) is 4.73. The third-order valence-corrected chi connectivity index (χ3v) is 4.73. The van der Waals surface area contributed by atoms with Crippen molar-refractivity contribution in [2.75, 3.05) is 47.5 Å². The van der Waals surface area contributed by atoms with Gasteiger partial charge in [0.05, 0.1) is 41.1 Å². The Kier molecular flexibility index (Phi) is 5.72. The van der Waals surface area contributed by atoms with Crippen molar-refractivity contribution >= 4 is 22.5 Å².